The monoisotopic (exact) mass is 248 g/mol. The smallest absolute Gasteiger partial charge is 0.314 e. The molecule has 0 bridgehead atoms. The molecule has 98 valence electrons. The van der Waals surface area contributed by atoms with E-state index in [-0.39, 0.29) is 11.9 Å². The summed E-state index contributed by atoms with van der Waals surface area (Å²) in [6.45, 7) is 2.91. The van der Waals surface area contributed by atoms with Crippen LogP contribution in [0.4, 0.5) is 0 Å². The maximum absolute atomic E-state index is 11.9. The number of rotatable bonds is 4. The number of methoxy groups -OCH3 is 1. The third kappa shape index (κ3) is 3.29. The summed E-state index contributed by atoms with van der Waals surface area (Å²) in [5.41, 5.74) is 0.988. The fourth-order valence-corrected chi connectivity index (χ4v) is 2.45. The molecule has 2 rings (SSSR count). The Labute approximate surface area is 108 Å². The Hall–Kier alpha value is -1.42. The zero-order valence-electron chi connectivity index (χ0n) is 10.8. The van der Waals surface area contributed by atoms with Crippen LogP contribution >= 0.6 is 0 Å². The SMILES string of the molecule is COC(=O)C(CN1CCCCC1)c1ccncc1. The Morgan fingerprint density at radius 1 is 1.33 bits per heavy atom. The van der Waals surface area contributed by atoms with Gasteiger partial charge in [0.2, 0.25) is 0 Å². The van der Waals surface area contributed by atoms with Gasteiger partial charge in [-0.3, -0.25) is 9.78 Å². The molecule has 0 spiro atoms. The highest BCUT2D eigenvalue weighted by atomic mass is 16.5. The first kappa shape index (κ1) is 13.0. The fraction of sp³-hybridized carbons (Fsp3) is 0.571. The molecule has 0 radical (unpaired) electrons. The van der Waals surface area contributed by atoms with Crippen molar-refractivity contribution in [3.8, 4) is 0 Å². The van der Waals surface area contributed by atoms with Gasteiger partial charge in [-0.2, -0.15) is 0 Å². The summed E-state index contributed by atoms with van der Waals surface area (Å²) < 4.78 is 4.92. The standard InChI is InChI=1S/C14H20N2O2/c1-18-14(17)13(12-5-7-15-8-6-12)11-16-9-3-2-4-10-16/h5-8,13H,2-4,9-11H2,1H3. The van der Waals surface area contributed by atoms with Crippen molar-refractivity contribution >= 4 is 5.97 Å². The van der Waals surface area contributed by atoms with Crippen LogP contribution in [0.5, 0.6) is 0 Å². The van der Waals surface area contributed by atoms with Gasteiger partial charge in [0.15, 0.2) is 0 Å². The molecule has 1 aromatic rings. The third-order valence-corrected chi connectivity index (χ3v) is 3.48. The van der Waals surface area contributed by atoms with Gasteiger partial charge in [0, 0.05) is 18.9 Å². The summed E-state index contributed by atoms with van der Waals surface area (Å²) in [5.74, 6) is -0.358. The molecule has 0 amide bonds. The highest BCUT2D eigenvalue weighted by Gasteiger charge is 2.24. The number of pyridine rings is 1. The van der Waals surface area contributed by atoms with Crippen molar-refractivity contribution in [1.82, 2.24) is 9.88 Å². The number of likely N-dealkylation sites (tertiary alicyclic amines) is 1. The van der Waals surface area contributed by atoms with Crippen molar-refractivity contribution in [2.45, 2.75) is 25.2 Å². The lowest BCUT2D eigenvalue weighted by atomic mass is 9.98. The van der Waals surface area contributed by atoms with Gasteiger partial charge in [-0.05, 0) is 43.6 Å². The van der Waals surface area contributed by atoms with Crippen molar-refractivity contribution in [3.63, 3.8) is 0 Å². The lowest BCUT2D eigenvalue weighted by molar-refractivity contribution is -0.143. The van der Waals surface area contributed by atoms with Crippen LogP contribution < -0.4 is 0 Å². The van der Waals surface area contributed by atoms with Gasteiger partial charge in [0.05, 0.1) is 13.0 Å². The summed E-state index contributed by atoms with van der Waals surface area (Å²) in [6, 6.07) is 3.79. The number of carbonyl (C=O) groups is 1. The number of piperidine rings is 1. The maximum atomic E-state index is 11.9. The predicted octanol–water partition coefficient (Wildman–Crippen LogP) is 1.82. The average Bonchev–Trinajstić information content (AvgIpc) is 2.46. The van der Waals surface area contributed by atoms with E-state index in [0.717, 1.165) is 25.2 Å². The number of ether oxygens (including phenoxy) is 1. The van der Waals surface area contributed by atoms with Crippen LogP contribution in [0.1, 0.15) is 30.7 Å². The predicted molar refractivity (Wildman–Crippen MR) is 69.3 cm³/mol. The highest BCUT2D eigenvalue weighted by molar-refractivity contribution is 5.78. The molecule has 2 heterocycles. The van der Waals surface area contributed by atoms with E-state index in [1.807, 2.05) is 12.1 Å². The molecule has 1 aromatic heterocycles. The van der Waals surface area contributed by atoms with Gasteiger partial charge in [0.25, 0.3) is 0 Å². The largest absolute Gasteiger partial charge is 0.469 e. The summed E-state index contributed by atoms with van der Waals surface area (Å²) >= 11 is 0. The van der Waals surface area contributed by atoms with Gasteiger partial charge in [-0.1, -0.05) is 6.42 Å². The molecule has 0 N–H and O–H groups in total. The van der Waals surface area contributed by atoms with E-state index in [0.29, 0.717) is 0 Å². The molecule has 4 heteroatoms. The minimum absolute atomic E-state index is 0.160. The second-order valence-corrected chi connectivity index (χ2v) is 4.72. The quantitative estimate of drug-likeness (QED) is 0.762. The first-order valence-corrected chi connectivity index (χ1v) is 6.51. The van der Waals surface area contributed by atoms with Crippen LogP contribution in [0.2, 0.25) is 0 Å². The van der Waals surface area contributed by atoms with E-state index in [2.05, 4.69) is 9.88 Å². The molecule has 18 heavy (non-hydrogen) atoms. The summed E-state index contributed by atoms with van der Waals surface area (Å²) in [4.78, 5) is 18.3. The van der Waals surface area contributed by atoms with E-state index in [9.17, 15) is 4.79 Å². The van der Waals surface area contributed by atoms with E-state index in [4.69, 9.17) is 4.74 Å². The summed E-state index contributed by atoms with van der Waals surface area (Å²) in [5, 5.41) is 0. The lowest BCUT2D eigenvalue weighted by Gasteiger charge is -2.29. The first-order chi connectivity index (χ1) is 8.81. The number of aromatic nitrogens is 1. The minimum Gasteiger partial charge on any atom is -0.469 e. The minimum atomic E-state index is -0.198. The Balaban J connectivity index is 2.07. The third-order valence-electron chi connectivity index (χ3n) is 3.48. The van der Waals surface area contributed by atoms with Gasteiger partial charge in [-0.25, -0.2) is 0 Å². The topological polar surface area (TPSA) is 42.4 Å². The van der Waals surface area contributed by atoms with Gasteiger partial charge in [-0.15, -0.1) is 0 Å². The maximum Gasteiger partial charge on any atom is 0.314 e. The van der Waals surface area contributed by atoms with E-state index in [1.165, 1.54) is 26.4 Å². The second-order valence-electron chi connectivity index (χ2n) is 4.72. The number of hydrogen-bond acceptors (Lipinski definition) is 4. The van der Waals surface area contributed by atoms with Crippen molar-refractivity contribution in [1.29, 1.82) is 0 Å². The molecule has 0 aliphatic carbocycles. The van der Waals surface area contributed by atoms with Crippen LogP contribution in [0, 0.1) is 0 Å². The number of carbonyl (C=O) groups excluding carboxylic acids is 1. The van der Waals surface area contributed by atoms with Crippen LogP contribution in [-0.4, -0.2) is 42.6 Å². The van der Waals surface area contributed by atoms with Gasteiger partial charge in [0.1, 0.15) is 0 Å². The fourth-order valence-electron chi connectivity index (χ4n) is 2.45. The van der Waals surface area contributed by atoms with Crippen LogP contribution in [0.15, 0.2) is 24.5 Å². The Morgan fingerprint density at radius 3 is 2.61 bits per heavy atom. The first-order valence-electron chi connectivity index (χ1n) is 6.51. The molecule has 1 unspecified atom stereocenters. The molecule has 1 fully saturated rings. The molecule has 1 aliphatic heterocycles. The molecule has 0 saturated carbocycles. The molecule has 1 atom stereocenters. The Morgan fingerprint density at radius 2 is 2.00 bits per heavy atom. The molecular weight excluding hydrogens is 228 g/mol. The van der Waals surface area contributed by atoms with Crippen LogP contribution in [0.3, 0.4) is 0 Å². The molecule has 1 aliphatic rings. The number of nitrogens with zero attached hydrogens (tertiary/aromatic N) is 2. The zero-order chi connectivity index (χ0) is 12.8. The molecular formula is C14H20N2O2. The highest BCUT2D eigenvalue weighted by Crippen LogP contribution is 2.20. The number of esters is 1. The average molecular weight is 248 g/mol. The van der Waals surface area contributed by atoms with Crippen LogP contribution in [0.25, 0.3) is 0 Å². The van der Waals surface area contributed by atoms with E-state index < -0.39 is 0 Å². The van der Waals surface area contributed by atoms with Crippen molar-refractivity contribution in [2.24, 2.45) is 0 Å². The Kier molecular flexibility index (Phi) is 4.70. The van der Waals surface area contributed by atoms with E-state index >= 15 is 0 Å². The lowest BCUT2D eigenvalue weighted by Crippen LogP contribution is -2.36. The van der Waals surface area contributed by atoms with Gasteiger partial charge >= 0.3 is 5.97 Å². The Bertz CT molecular complexity index is 375. The second kappa shape index (κ2) is 6.50. The van der Waals surface area contributed by atoms with E-state index in [1.54, 1.807) is 12.4 Å². The van der Waals surface area contributed by atoms with Crippen molar-refractivity contribution in [3.05, 3.63) is 30.1 Å². The number of hydrogen-bond donors (Lipinski definition) is 0. The van der Waals surface area contributed by atoms with Crippen molar-refractivity contribution < 1.29 is 9.53 Å². The summed E-state index contributed by atoms with van der Waals surface area (Å²) in [7, 11) is 1.45. The molecule has 4 nitrogen and oxygen atoms in total. The van der Waals surface area contributed by atoms with Crippen LogP contribution in [-0.2, 0) is 9.53 Å². The normalized spacial score (nSPS) is 18.3. The van der Waals surface area contributed by atoms with Crippen molar-refractivity contribution in [2.75, 3.05) is 26.7 Å². The molecule has 0 aromatic carbocycles. The summed E-state index contributed by atoms with van der Waals surface area (Å²) in [6.07, 6.45) is 7.20. The van der Waals surface area contributed by atoms with Gasteiger partial charge < -0.3 is 9.64 Å². The zero-order valence-corrected chi connectivity index (χ0v) is 10.8. The molecule has 1 saturated heterocycles.